The van der Waals surface area contributed by atoms with Crippen LogP contribution in [0.2, 0.25) is 0 Å². The standard InChI is InChI=1S/C23H31N3O3/c1-17(2)13-21(27)26-12-8-11-23(16-26,22(28)25(3)4)15-19-14-20(24-29-19)18-9-6-5-7-10-18/h5-7,9-10,14,17H,8,11-13,15-16H2,1-4H3/t23-/m0/s1. The smallest absolute Gasteiger partial charge is 0.230 e. The van der Waals surface area contributed by atoms with E-state index in [1.54, 1.807) is 19.0 Å². The normalized spacial score (nSPS) is 19.4. The van der Waals surface area contributed by atoms with Crippen molar-refractivity contribution in [2.45, 2.75) is 39.5 Å². The fraction of sp³-hybridized carbons (Fsp3) is 0.522. The van der Waals surface area contributed by atoms with Crippen LogP contribution in [-0.4, -0.2) is 54.0 Å². The van der Waals surface area contributed by atoms with E-state index in [2.05, 4.69) is 5.16 Å². The molecule has 1 aromatic heterocycles. The molecule has 1 saturated heterocycles. The van der Waals surface area contributed by atoms with Gasteiger partial charge in [-0.25, -0.2) is 0 Å². The second kappa shape index (κ2) is 8.80. The molecule has 6 heteroatoms. The number of piperidine rings is 1. The molecule has 1 aromatic carbocycles. The summed E-state index contributed by atoms with van der Waals surface area (Å²) in [6, 6.07) is 11.7. The average molecular weight is 398 g/mol. The van der Waals surface area contributed by atoms with Crippen molar-refractivity contribution in [2.24, 2.45) is 11.3 Å². The van der Waals surface area contributed by atoms with E-state index in [9.17, 15) is 9.59 Å². The lowest BCUT2D eigenvalue weighted by atomic mass is 9.75. The van der Waals surface area contributed by atoms with Crippen molar-refractivity contribution < 1.29 is 14.1 Å². The first-order valence-corrected chi connectivity index (χ1v) is 10.3. The van der Waals surface area contributed by atoms with Crippen LogP contribution in [0.25, 0.3) is 11.3 Å². The Morgan fingerprint density at radius 3 is 2.62 bits per heavy atom. The van der Waals surface area contributed by atoms with Crippen LogP contribution in [0.5, 0.6) is 0 Å². The van der Waals surface area contributed by atoms with Crippen molar-refractivity contribution in [1.82, 2.24) is 15.0 Å². The van der Waals surface area contributed by atoms with Gasteiger partial charge in [0.15, 0.2) is 0 Å². The zero-order chi connectivity index (χ0) is 21.0. The van der Waals surface area contributed by atoms with Crippen molar-refractivity contribution in [2.75, 3.05) is 27.2 Å². The summed E-state index contributed by atoms with van der Waals surface area (Å²) < 4.78 is 5.61. The zero-order valence-corrected chi connectivity index (χ0v) is 17.9. The van der Waals surface area contributed by atoms with Gasteiger partial charge in [-0.2, -0.15) is 0 Å². The summed E-state index contributed by atoms with van der Waals surface area (Å²) in [4.78, 5) is 29.4. The summed E-state index contributed by atoms with van der Waals surface area (Å²) in [6.07, 6.45) is 2.49. The van der Waals surface area contributed by atoms with Crippen LogP contribution >= 0.6 is 0 Å². The Hall–Kier alpha value is -2.63. The Labute approximate surface area is 172 Å². The van der Waals surface area contributed by atoms with Crippen molar-refractivity contribution >= 4 is 11.8 Å². The third-order valence-electron chi connectivity index (χ3n) is 5.51. The Morgan fingerprint density at radius 1 is 1.24 bits per heavy atom. The fourth-order valence-electron chi connectivity index (χ4n) is 4.17. The molecular weight excluding hydrogens is 366 g/mol. The van der Waals surface area contributed by atoms with E-state index in [0.717, 1.165) is 24.1 Å². The van der Waals surface area contributed by atoms with E-state index in [1.165, 1.54) is 0 Å². The molecule has 1 aliphatic rings. The molecule has 3 rings (SSSR count). The number of nitrogens with zero attached hydrogens (tertiary/aromatic N) is 3. The highest BCUT2D eigenvalue weighted by molar-refractivity contribution is 5.84. The quantitative estimate of drug-likeness (QED) is 0.747. The van der Waals surface area contributed by atoms with Crippen molar-refractivity contribution in [3.05, 3.63) is 42.2 Å². The van der Waals surface area contributed by atoms with Crippen LogP contribution in [0.3, 0.4) is 0 Å². The fourth-order valence-corrected chi connectivity index (χ4v) is 4.17. The van der Waals surface area contributed by atoms with Gasteiger partial charge in [0.25, 0.3) is 0 Å². The van der Waals surface area contributed by atoms with Gasteiger partial charge in [-0.05, 0) is 18.8 Å². The van der Waals surface area contributed by atoms with Gasteiger partial charge in [0.05, 0.1) is 5.41 Å². The largest absolute Gasteiger partial charge is 0.361 e. The van der Waals surface area contributed by atoms with E-state index in [-0.39, 0.29) is 11.8 Å². The van der Waals surface area contributed by atoms with Gasteiger partial charge >= 0.3 is 0 Å². The third kappa shape index (κ3) is 4.86. The molecule has 1 atom stereocenters. The predicted molar refractivity (Wildman–Crippen MR) is 112 cm³/mol. The first-order chi connectivity index (χ1) is 13.8. The Morgan fingerprint density at radius 2 is 1.97 bits per heavy atom. The number of benzene rings is 1. The lowest BCUT2D eigenvalue weighted by molar-refractivity contribution is -0.147. The van der Waals surface area contributed by atoms with E-state index in [1.807, 2.05) is 55.1 Å². The molecule has 0 spiro atoms. The molecule has 0 radical (unpaired) electrons. The molecule has 0 aliphatic carbocycles. The van der Waals surface area contributed by atoms with Crippen LogP contribution in [0.1, 0.15) is 38.9 Å². The summed E-state index contributed by atoms with van der Waals surface area (Å²) >= 11 is 0. The van der Waals surface area contributed by atoms with Gasteiger partial charge in [-0.15, -0.1) is 0 Å². The molecule has 156 valence electrons. The Bertz CT molecular complexity index is 844. The minimum Gasteiger partial charge on any atom is -0.361 e. The molecule has 2 amide bonds. The number of rotatable bonds is 6. The molecular formula is C23H31N3O3. The molecule has 29 heavy (non-hydrogen) atoms. The van der Waals surface area contributed by atoms with Crippen LogP contribution in [-0.2, 0) is 16.0 Å². The summed E-state index contributed by atoms with van der Waals surface area (Å²) in [5.74, 6) is 1.14. The molecule has 0 saturated carbocycles. The highest BCUT2D eigenvalue weighted by atomic mass is 16.5. The minimum absolute atomic E-state index is 0.0391. The minimum atomic E-state index is -0.679. The lowest BCUT2D eigenvalue weighted by Gasteiger charge is -2.42. The number of aromatic nitrogens is 1. The molecule has 2 heterocycles. The predicted octanol–water partition coefficient (Wildman–Crippen LogP) is 3.63. The number of amides is 2. The van der Waals surface area contributed by atoms with Crippen LogP contribution in [0.15, 0.2) is 40.9 Å². The zero-order valence-electron chi connectivity index (χ0n) is 17.9. The van der Waals surface area contributed by atoms with Gasteiger partial charge in [-0.1, -0.05) is 49.3 Å². The van der Waals surface area contributed by atoms with Crippen molar-refractivity contribution in [1.29, 1.82) is 0 Å². The molecule has 0 bridgehead atoms. The molecule has 0 N–H and O–H groups in total. The summed E-state index contributed by atoms with van der Waals surface area (Å²) in [6.45, 7) is 5.22. The second-order valence-corrected chi connectivity index (χ2v) is 8.72. The number of hydrogen-bond acceptors (Lipinski definition) is 4. The van der Waals surface area contributed by atoms with Crippen molar-refractivity contribution in [3.63, 3.8) is 0 Å². The first-order valence-electron chi connectivity index (χ1n) is 10.3. The van der Waals surface area contributed by atoms with Gasteiger partial charge in [0.1, 0.15) is 11.5 Å². The first kappa shape index (κ1) is 21.1. The van der Waals surface area contributed by atoms with E-state index < -0.39 is 5.41 Å². The molecule has 1 fully saturated rings. The van der Waals surface area contributed by atoms with Gasteiger partial charge in [0, 0.05) is 51.7 Å². The number of carbonyl (C=O) groups excluding carboxylic acids is 2. The van der Waals surface area contributed by atoms with E-state index in [0.29, 0.717) is 37.6 Å². The number of hydrogen-bond donors (Lipinski definition) is 0. The SMILES string of the molecule is CC(C)CC(=O)N1CCC[C@@](Cc2cc(-c3ccccc3)no2)(C(=O)N(C)C)C1. The average Bonchev–Trinajstić information content (AvgIpc) is 3.16. The Kier molecular flexibility index (Phi) is 6.40. The maximum atomic E-state index is 13.2. The lowest BCUT2D eigenvalue weighted by Crippen LogP contribution is -2.54. The number of likely N-dealkylation sites (tertiary alicyclic amines) is 1. The second-order valence-electron chi connectivity index (χ2n) is 8.72. The highest BCUT2D eigenvalue weighted by Gasteiger charge is 2.45. The molecule has 0 unspecified atom stereocenters. The van der Waals surface area contributed by atoms with E-state index in [4.69, 9.17) is 4.52 Å². The molecule has 2 aromatic rings. The van der Waals surface area contributed by atoms with Crippen molar-refractivity contribution in [3.8, 4) is 11.3 Å². The van der Waals surface area contributed by atoms with Gasteiger partial charge < -0.3 is 14.3 Å². The topological polar surface area (TPSA) is 66.7 Å². The maximum absolute atomic E-state index is 13.2. The van der Waals surface area contributed by atoms with Crippen LogP contribution in [0, 0.1) is 11.3 Å². The van der Waals surface area contributed by atoms with Gasteiger partial charge in [0.2, 0.25) is 11.8 Å². The highest BCUT2D eigenvalue weighted by Crippen LogP contribution is 2.36. The third-order valence-corrected chi connectivity index (χ3v) is 5.51. The molecule has 6 nitrogen and oxygen atoms in total. The monoisotopic (exact) mass is 397 g/mol. The maximum Gasteiger partial charge on any atom is 0.230 e. The summed E-state index contributed by atoms with van der Waals surface area (Å²) in [5.41, 5.74) is 1.06. The summed E-state index contributed by atoms with van der Waals surface area (Å²) in [7, 11) is 3.55. The summed E-state index contributed by atoms with van der Waals surface area (Å²) in [5, 5.41) is 4.20. The van der Waals surface area contributed by atoms with E-state index >= 15 is 0 Å². The van der Waals surface area contributed by atoms with Gasteiger partial charge in [-0.3, -0.25) is 9.59 Å². The van der Waals surface area contributed by atoms with Crippen LogP contribution < -0.4 is 0 Å². The number of carbonyl (C=O) groups is 2. The van der Waals surface area contributed by atoms with Crippen LogP contribution in [0.4, 0.5) is 0 Å². The Balaban J connectivity index is 1.85. The molecule has 1 aliphatic heterocycles.